The second-order valence-electron chi connectivity index (χ2n) is 6.67. The SMILES string of the molecule is C[C@@H](Sc1nnc(-c2ccccc2F)n1CCc1ccccc1)C(=O)N(C)C. The summed E-state index contributed by atoms with van der Waals surface area (Å²) in [5.74, 6) is 0.126. The number of benzene rings is 2. The Labute approximate surface area is 168 Å². The molecule has 0 bridgehead atoms. The highest BCUT2D eigenvalue weighted by atomic mass is 32.2. The van der Waals surface area contributed by atoms with E-state index in [1.165, 1.54) is 23.4 Å². The fourth-order valence-electron chi connectivity index (χ4n) is 2.88. The van der Waals surface area contributed by atoms with Crippen LogP contribution in [-0.4, -0.2) is 44.9 Å². The molecular formula is C21H23FN4OS. The zero-order valence-electron chi connectivity index (χ0n) is 16.2. The van der Waals surface area contributed by atoms with Gasteiger partial charge in [0.25, 0.3) is 0 Å². The molecule has 0 saturated carbocycles. The lowest BCUT2D eigenvalue weighted by molar-refractivity contribution is -0.127. The summed E-state index contributed by atoms with van der Waals surface area (Å²) in [4.78, 5) is 13.8. The van der Waals surface area contributed by atoms with Crippen molar-refractivity contribution < 1.29 is 9.18 Å². The van der Waals surface area contributed by atoms with Gasteiger partial charge in [0.15, 0.2) is 11.0 Å². The summed E-state index contributed by atoms with van der Waals surface area (Å²) >= 11 is 1.34. The van der Waals surface area contributed by atoms with E-state index in [9.17, 15) is 9.18 Å². The molecule has 0 aliphatic heterocycles. The summed E-state index contributed by atoms with van der Waals surface area (Å²) in [6.07, 6.45) is 0.754. The van der Waals surface area contributed by atoms with Crippen molar-refractivity contribution in [1.82, 2.24) is 19.7 Å². The van der Waals surface area contributed by atoms with Crippen LogP contribution in [0.15, 0.2) is 59.8 Å². The maximum absolute atomic E-state index is 14.4. The minimum absolute atomic E-state index is 0.00458. The van der Waals surface area contributed by atoms with Crippen molar-refractivity contribution in [3.8, 4) is 11.4 Å². The smallest absolute Gasteiger partial charge is 0.235 e. The molecule has 0 aliphatic rings. The molecule has 1 amide bonds. The number of hydrogen-bond acceptors (Lipinski definition) is 4. The average molecular weight is 399 g/mol. The van der Waals surface area contributed by atoms with E-state index >= 15 is 0 Å². The molecule has 0 radical (unpaired) electrons. The normalized spacial score (nSPS) is 12.0. The molecule has 1 atom stereocenters. The Morgan fingerprint density at radius 2 is 1.79 bits per heavy atom. The Hall–Kier alpha value is -2.67. The van der Waals surface area contributed by atoms with Gasteiger partial charge in [-0.2, -0.15) is 0 Å². The zero-order valence-corrected chi connectivity index (χ0v) is 17.0. The van der Waals surface area contributed by atoms with Crippen LogP contribution in [0, 0.1) is 5.82 Å². The summed E-state index contributed by atoms with van der Waals surface area (Å²) in [5, 5.41) is 8.80. The summed E-state index contributed by atoms with van der Waals surface area (Å²) in [7, 11) is 3.45. The molecule has 0 unspecified atom stereocenters. The highest BCUT2D eigenvalue weighted by Crippen LogP contribution is 2.29. The Kier molecular flexibility index (Phi) is 6.46. The lowest BCUT2D eigenvalue weighted by atomic mass is 10.1. The molecule has 0 saturated heterocycles. The van der Waals surface area contributed by atoms with E-state index in [1.807, 2.05) is 29.7 Å². The molecule has 28 heavy (non-hydrogen) atoms. The summed E-state index contributed by atoms with van der Waals surface area (Å²) in [6.45, 7) is 2.43. The summed E-state index contributed by atoms with van der Waals surface area (Å²) in [6, 6.07) is 16.6. The predicted molar refractivity (Wildman–Crippen MR) is 110 cm³/mol. The number of amides is 1. The highest BCUT2D eigenvalue weighted by molar-refractivity contribution is 8.00. The van der Waals surface area contributed by atoms with Crippen molar-refractivity contribution in [2.75, 3.05) is 14.1 Å². The first-order valence-corrected chi connectivity index (χ1v) is 9.95. The number of rotatable bonds is 7. The van der Waals surface area contributed by atoms with Crippen LogP contribution in [0.3, 0.4) is 0 Å². The Balaban J connectivity index is 1.93. The molecule has 1 heterocycles. The van der Waals surface area contributed by atoms with E-state index in [1.54, 1.807) is 37.2 Å². The minimum atomic E-state index is -0.343. The first-order valence-electron chi connectivity index (χ1n) is 9.07. The molecular weight excluding hydrogens is 375 g/mol. The van der Waals surface area contributed by atoms with Crippen LogP contribution >= 0.6 is 11.8 Å². The van der Waals surface area contributed by atoms with E-state index < -0.39 is 0 Å². The number of nitrogens with zero attached hydrogens (tertiary/aromatic N) is 4. The predicted octanol–water partition coefficient (Wildman–Crippen LogP) is 3.90. The number of carbonyl (C=O) groups is 1. The first kappa shape index (κ1) is 20.1. The van der Waals surface area contributed by atoms with Crippen LogP contribution in [0.1, 0.15) is 12.5 Å². The lowest BCUT2D eigenvalue weighted by Gasteiger charge is -2.17. The number of aryl methyl sites for hydroxylation is 1. The molecule has 3 rings (SSSR count). The largest absolute Gasteiger partial charge is 0.348 e. The molecule has 0 spiro atoms. The molecule has 1 aromatic heterocycles. The van der Waals surface area contributed by atoms with Crippen molar-refractivity contribution in [2.24, 2.45) is 0 Å². The van der Waals surface area contributed by atoms with Gasteiger partial charge in [-0.15, -0.1) is 10.2 Å². The Morgan fingerprint density at radius 1 is 1.11 bits per heavy atom. The van der Waals surface area contributed by atoms with Gasteiger partial charge in [0.05, 0.1) is 10.8 Å². The monoisotopic (exact) mass is 398 g/mol. The van der Waals surface area contributed by atoms with Crippen molar-refractivity contribution in [3.63, 3.8) is 0 Å². The second-order valence-corrected chi connectivity index (χ2v) is 7.97. The van der Waals surface area contributed by atoms with Gasteiger partial charge in [0.2, 0.25) is 5.91 Å². The van der Waals surface area contributed by atoms with E-state index in [0.717, 1.165) is 6.42 Å². The topological polar surface area (TPSA) is 51.0 Å². The van der Waals surface area contributed by atoms with Crippen LogP contribution in [-0.2, 0) is 17.8 Å². The van der Waals surface area contributed by atoms with Crippen molar-refractivity contribution >= 4 is 17.7 Å². The Bertz CT molecular complexity index is 943. The number of hydrogen-bond donors (Lipinski definition) is 0. The van der Waals surface area contributed by atoms with E-state index in [2.05, 4.69) is 22.3 Å². The van der Waals surface area contributed by atoms with Gasteiger partial charge < -0.3 is 9.47 Å². The van der Waals surface area contributed by atoms with Crippen LogP contribution in [0.2, 0.25) is 0 Å². The van der Waals surface area contributed by atoms with Crippen molar-refractivity contribution in [2.45, 2.75) is 30.3 Å². The van der Waals surface area contributed by atoms with Crippen molar-refractivity contribution in [3.05, 3.63) is 66.0 Å². The lowest BCUT2D eigenvalue weighted by Crippen LogP contribution is -2.29. The van der Waals surface area contributed by atoms with Gasteiger partial charge in [-0.1, -0.05) is 54.2 Å². The Morgan fingerprint density at radius 3 is 2.46 bits per heavy atom. The van der Waals surface area contributed by atoms with Gasteiger partial charge >= 0.3 is 0 Å². The van der Waals surface area contributed by atoms with Crippen molar-refractivity contribution in [1.29, 1.82) is 0 Å². The molecule has 3 aromatic rings. The number of halogens is 1. The standard InChI is InChI=1S/C21H23FN4OS/c1-15(20(27)25(2)3)28-21-24-23-19(17-11-7-8-12-18(17)22)26(21)14-13-16-9-5-4-6-10-16/h4-12,15H,13-14H2,1-3H3/t15-/m1/s1. The van der Waals surface area contributed by atoms with Gasteiger partial charge in [0.1, 0.15) is 5.82 Å². The van der Waals surface area contributed by atoms with Crippen LogP contribution in [0.4, 0.5) is 4.39 Å². The van der Waals surface area contributed by atoms with Gasteiger partial charge in [-0.3, -0.25) is 4.79 Å². The van der Waals surface area contributed by atoms with E-state index in [4.69, 9.17) is 0 Å². The molecule has 5 nitrogen and oxygen atoms in total. The first-order chi connectivity index (χ1) is 13.5. The fourth-order valence-corrected chi connectivity index (χ4v) is 3.90. The van der Waals surface area contributed by atoms with Gasteiger partial charge in [0, 0.05) is 20.6 Å². The number of aromatic nitrogens is 3. The average Bonchev–Trinajstić information content (AvgIpc) is 3.09. The molecule has 0 aliphatic carbocycles. The van der Waals surface area contributed by atoms with Crippen LogP contribution < -0.4 is 0 Å². The molecule has 146 valence electrons. The number of thioether (sulfide) groups is 1. The van der Waals surface area contributed by atoms with Crippen LogP contribution in [0.25, 0.3) is 11.4 Å². The quantitative estimate of drug-likeness (QED) is 0.567. The molecule has 0 fully saturated rings. The third-order valence-electron chi connectivity index (χ3n) is 4.37. The second kappa shape index (κ2) is 9.01. The third-order valence-corrected chi connectivity index (χ3v) is 5.44. The zero-order chi connectivity index (χ0) is 20.1. The van der Waals surface area contributed by atoms with E-state index in [-0.39, 0.29) is 17.0 Å². The van der Waals surface area contributed by atoms with Gasteiger partial charge in [-0.25, -0.2) is 4.39 Å². The maximum atomic E-state index is 14.4. The highest BCUT2D eigenvalue weighted by Gasteiger charge is 2.22. The van der Waals surface area contributed by atoms with Gasteiger partial charge in [-0.05, 0) is 31.0 Å². The summed E-state index contributed by atoms with van der Waals surface area (Å²) < 4.78 is 16.3. The molecule has 0 N–H and O–H groups in total. The molecule has 2 aromatic carbocycles. The fraction of sp³-hybridized carbons (Fsp3) is 0.286. The van der Waals surface area contributed by atoms with Crippen LogP contribution in [0.5, 0.6) is 0 Å². The minimum Gasteiger partial charge on any atom is -0.348 e. The molecule has 7 heteroatoms. The summed E-state index contributed by atoms with van der Waals surface area (Å²) in [5.41, 5.74) is 1.57. The number of carbonyl (C=O) groups excluding carboxylic acids is 1. The van der Waals surface area contributed by atoms with E-state index in [0.29, 0.717) is 23.1 Å². The maximum Gasteiger partial charge on any atom is 0.235 e. The third kappa shape index (κ3) is 4.59.